The molecule has 1 spiro atoms. The summed E-state index contributed by atoms with van der Waals surface area (Å²) < 4.78 is 63.3. The Hall–Kier alpha value is -5.25. The first-order valence-electron chi connectivity index (χ1n) is 15.6. The Morgan fingerprint density at radius 2 is 1.96 bits per heavy atom. The van der Waals surface area contributed by atoms with Crippen LogP contribution in [0.4, 0.5) is 17.6 Å². The number of alkyl halides is 3. The number of imidazole rings is 2. The summed E-state index contributed by atoms with van der Waals surface area (Å²) in [5, 5.41) is 18.7. The maximum absolute atomic E-state index is 14.5. The molecule has 1 atom stereocenters. The normalized spacial score (nSPS) is 20.6. The topological polar surface area (TPSA) is 119 Å². The van der Waals surface area contributed by atoms with Gasteiger partial charge in [0.05, 0.1) is 46.8 Å². The summed E-state index contributed by atoms with van der Waals surface area (Å²) in [7, 11) is 0. The average molecular weight is 659 g/mol. The van der Waals surface area contributed by atoms with E-state index in [4.69, 9.17) is 15.0 Å². The highest BCUT2D eigenvalue weighted by Gasteiger charge is 2.57. The zero-order valence-corrected chi connectivity index (χ0v) is 25.6. The number of benzene rings is 2. The molecule has 0 aliphatic heterocycles. The van der Waals surface area contributed by atoms with Gasteiger partial charge in [0.2, 0.25) is 5.88 Å². The summed E-state index contributed by atoms with van der Waals surface area (Å²) in [6.45, 7) is -1.14. The van der Waals surface area contributed by atoms with Gasteiger partial charge in [-0.15, -0.1) is 0 Å². The van der Waals surface area contributed by atoms with Gasteiger partial charge >= 0.3 is 12.1 Å². The quantitative estimate of drug-likeness (QED) is 0.164. The van der Waals surface area contributed by atoms with Gasteiger partial charge in [0.1, 0.15) is 24.8 Å². The van der Waals surface area contributed by atoms with E-state index in [1.54, 1.807) is 18.3 Å². The largest absolute Gasteiger partial charge is 0.478 e. The molecule has 0 radical (unpaired) electrons. The van der Waals surface area contributed by atoms with Crippen LogP contribution >= 0.6 is 0 Å². The first kappa shape index (κ1) is 31.4. The standard InChI is InChI=1S/C35H30F4N6O3/c36-28-12-21(15-40)3-4-24(28)18-48-32-26(2-1-11-42-32)22-7-9-34(10-8-22)14-27(34)31-43-29-6-5-23(33(46)47)13-30(29)45(31)17-25-16-41-20-44(25)19-35(37,38)39/h1-6,11-13,16,20,22,27H,7-10,14,17-19H2,(H,46,47). The molecule has 48 heavy (non-hydrogen) atoms. The summed E-state index contributed by atoms with van der Waals surface area (Å²) in [6, 6.07) is 14.7. The Balaban J connectivity index is 1.11. The Morgan fingerprint density at radius 1 is 1.15 bits per heavy atom. The van der Waals surface area contributed by atoms with Crippen molar-refractivity contribution in [3.05, 3.63) is 107 Å². The molecule has 2 aromatic carbocycles. The van der Waals surface area contributed by atoms with E-state index in [1.807, 2.05) is 22.8 Å². The van der Waals surface area contributed by atoms with Crippen molar-refractivity contribution < 1.29 is 32.2 Å². The summed E-state index contributed by atoms with van der Waals surface area (Å²) >= 11 is 0. The maximum atomic E-state index is 14.5. The lowest BCUT2D eigenvalue weighted by Crippen LogP contribution is -2.20. The van der Waals surface area contributed by atoms with Gasteiger partial charge in [0.25, 0.3) is 0 Å². The molecule has 2 aliphatic carbocycles. The van der Waals surface area contributed by atoms with Crippen molar-refractivity contribution in [3.8, 4) is 11.9 Å². The lowest BCUT2D eigenvalue weighted by Gasteiger charge is -2.30. The number of carbonyl (C=O) groups is 1. The number of aromatic nitrogens is 5. The first-order valence-corrected chi connectivity index (χ1v) is 15.6. The van der Waals surface area contributed by atoms with Gasteiger partial charge in [-0.1, -0.05) is 12.1 Å². The number of halogens is 4. The molecule has 9 nitrogen and oxygen atoms in total. The van der Waals surface area contributed by atoms with Gasteiger partial charge in [-0.05, 0) is 79.8 Å². The van der Waals surface area contributed by atoms with Crippen molar-refractivity contribution in [2.75, 3.05) is 0 Å². The minimum atomic E-state index is -4.43. The van der Waals surface area contributed by atoms with Crippen molar-refractivity contribution in [2.45, 2.75) is 69.8 Å². The van der Waals surface area contributed by atoms with Crippen LogP contribution in [0, 0.1) is 22.6 Å². The maximum Gasteiger partial charge on any atom is 0.406 e. The number of carboxylic acid groups (broad SMARTS) is 1. The molecule has 0 bridgehead atoms. The summed E-state index contributed by atoms with van der Waals surface area (Å²) in [4.78, 5) is 25.1. The van der Waals surface area contributed by atoms with Crippen LogP contribution in [0.25, 0.3) is 11.0 Å². The van der Waals surface area contributed by atoms with E-state index in [2.05, 4.69) is 9.97 Å². The van der Waals surface area contributed by atoms with Crippen LogP contribution in [0.15, 0.2) is 67.3 Å². The van der Waals surface area contributed by atoms with Crippen LogP contribution in [0.5, 0.6) is 5.88 Å². The van der Waals surface area contributed by atoms with E-state index < -0.39 is 24.5 Å². The SMILES string of the molecule is N#Cc1ccc(COc2ncccc2C2CCC3(CC2)CC3c2nc3ccc(C(=O)O)cc3n2Cc2cncn2CC(F)(F)F)c(F)c1. The van der Waals surface area contributed by atoms with E-state index in [-0.39, 0.29) is 41.5 Å². The molecular weight excluding hydrogens is 628 g/mol. The number of carboxylic acids is 1. The lowest BCUT2D eigenvalue weighted by molar-refractivity contribution is -0.141. The number of fused-ring (bicyclic) bond motifs is 1. The average Bonchev–Trinajstić information content (AvgIpc) is 3.37. The molecule has 13 heteroatoms. The molecular formula is C35H30F4N6O3. The van der Waals surface area contributed by atoms with E-state index in [1.165, 1.54) is 30.5 Å². The summed E-state index contributed by atoms with van der Waals surface area (Å²) in [6.07, 6.45) is 4.11. The predicted octanol–water partition coefficient (Wildman–Crippen LogP) is 7.36. The predicted molar refractivity (Wildman–Crippen MR) is 165 cm³/mol. The molecule has 3 aromatic heterocycles. The van der Waals surface area contributed by atoms with E-state index in [0.717, 1.165) is 54.4 Å². The van der Waals surface area contributed by atoms with Gasteiger partial charge in [-0.3, -0.25) is 0 Å². The fraction of sp³-hybridized carbons (Fsp3) is 0.343. The van der Waals surface area contributed by atoms with Crippen LogP contribution in [0.2, 0.25) is 0 Å². The molecule has 246 valence electrons. The zero-order chi connectivity index (χ0) is 33.6. The second-order valence-electron chi connectivity index (χ2n) is 12.7. The second kappa shape index (κ2) is 12.1. The van der Waals surface area contributed by atoms with Crippen molar-refractivity contribution in [1.82, 2.24) is 24.1 Å². The van der Waals surface area contributed by atoms with Crippen LogP contribution < -0.4 is 4.74 Å². The third kappa shape index (κ3) is 6.10. The number of pyridine rings is 1. The Labute approximate surface area is 272 Å². The lowest BCUT2D eigenvalue weighted by atomic mass is 9.76. The van der Waals surface area contributed by atoms with Gasteiger partial charge in [0, 0.05) is 29.4 Å². The summed E-state index contributed by atoms with van der Waals surface area (Å²) in [5.41, 5.74) is 3.03. The van der Waals surface area contributed by atoms with E-state index >= 15 is 0 Å². The monoisotopic (exact) mass is 658 g/mol. The van der Waals surface area contributed by atoms with Gasteiger partial charge < -0.3 is 19.0 Å². The van der Waals surface area contributed by atoms with Gasteiger partial charge in [-0.25, -0.2) is 24.1 Å². The minimum absolute atomic E-state index is 0.0258. The van der Waals surface area contributed by atoms with Crippen LogP contribution in [-0.2, 0) is 19.7 Å². The number of aromatic carboxylic acids is 1. The molecule has 0 saturated heterocycles. The molecule has 7 rings (SSSR count). The Kier molecular flexibility index (Phi) is 7.89. The highest BCUT2D eigenvalue weighted by molar-refractivity contribution is 5.92. The molecule has 3 heterocycles. The molecule has 2 aliphatic rings. The third-order valence-corrected chi connectivity index (χ3v) is 9.76. The van der Waals surface area contributed by atoms with Gasteiger partial charge in [0.15, 0.2) is 0 Å². The number of ether oxygens (including phenoxy) is 1. The number of hydrogen-bond donors (Lipinski definition) is 1. The minimum Gasteiger partial charge on any atom is -0.478 e. The van der Waals surface area contributed by atoms with Crippen molar-refractivity contribution >= 4 is 17.0 Å². The second-order valence-corrected chi connectivity index (χ2v) is 12.7. The highest BCUT2D eigenvalue weighted by Crippen LogP contribution is 2.68. The molecule has 2 saturated carbocycles. The van der Waals surface area contributed by atoms with Crippen molar-refractivity contribution in [1.29, 1.82) is 5.26 Å². The van der Waals surface area contributed by atoms with E-state index in [0.29, 0.717) is 28.2 Å². The smallest absolute Gasteiger partial charge is 0.406 e. The fourth-order valence-electron chi connectivity index (χ4n) is 7.17. The number of nitriles is 1. The molecule has 5 aromatic rings. The highest BCUT2D eigenvalue weighted by atomic mass is 19.4. The molecule has 2 fully saturated rings. The van der Waals surface area contributed by atoms with Crippen LogP contribution in [0.1, 0.15) is 82.5 Å². The fourth-order valence-corrected chi connectivity index (χ4v) is 7.17. The summed E-state index contributed by atoms with van der Waals surface area (Å²) in [5.74, 6) is -0.208. The number of rotatable bonds is 9. The number of hydrogen-bond acceptors (Lipinski definition) is 6. The number of nitrogens with zero attached hydrogens (tertiary/aromatic N) is 6. The van der Waals surface area contributed by atoms with Crippen LogP contribution in [-0.4, -0.2) is 41.3 Å². The zero-order valence-electron chi connectivity index (χ0n) is 25.6. The molecule has 0 amide bonds. The Bertz CT molecular complexity index is 2060. The van der Waals surface area contributed by atoms with Crippen molar-refractivity contribution in [3.63, 3.8) is 0 Å². The Morgan fingerprint density at radius 3 is 2.69 bits per heavy atom. The van der Waals surface area contributed by atoms with Crippen LogP contribution in [0.3, 0.4) is 0 Å². The van der Waals surface area contributed by atoms with Gasteiger partial charge in [-0.2, -0.15) is 18.4 Å². The molecule has 1 unspecified atom stereocenters. The first-order chi connectivity index (χ1) is 23.0. The molecule has 1 N–H and O–H groups in total. The third-order valence-electron chi connectivity index (χ3n) is 9.76. The van der Waals surface area contributed by atoms with Crippen molar-refractivity contribution in [2.24, 2.45) is 5.41 Å². The van der Waals surface area contributed by atoms with E-state index in [9.17, 15) is 27.5 Å².